The Hall–Kier alpha value is -1.02. The van der Waals surface area contributed by atoms with E-state index in [4.69, 9.17) is 4.74 Å². The second-order valence-corrected chi connectivity index (χ2v) is 5.59. The van der Waals surface area contributed by atoms with Crippen molar-refractivity contribution < 1.29 is 4.74 Å². The largest absolute Gasteiger partial charge is 0.493 e. The van der Waals surface area contributed by atoms with E-state index in [1.807, 2.05) is 0 Å². The van der Waals surface area contributed by atoms with Crippen molar-refractivity contribution in [2.75, 3.05) is 13.2 Å². The molecule has 1 aromatic carbocycles. The Morgan fingerprint density at radius 2 is 2.00 bits per heavy atom. The lowest BCUT2D eigenvalue weighted by molar-refractivity contribution is 0.308. The first-order valence-corrected chi connectivity index (χ1v) is 7.73. The van der Waals surface area contributed by atoms with Gasteiger partial charge in [0, 0.05) is 6.04 Å². The molecule has 0 heterocycles. The summed E-state index contributed by atoms with van der Waals surface area (Å²) in [5.41, 5.74) is 1.41. The van der Waals surface area contributed by atoms with Crippen LogP contribution in [0, 0.1) is 5.92 Å². The Bertz CT molecular complexity index is 391. The number of hydrogen-bond acceptors (Lipinski definition) is 2. The van der Waals surface area contributed by atoms with E-state index >= 15 is 0 Å². The van der Waals surface area contributed by atoms with Gasteiger partial charge in [-0.25, -0.2) is 0 Å². The van der Waals surface area contributed by atoms with E-state index in [0.717, 1.165) is 25.3 Å². The van der Waals surface area contributed by atoms with E-state index in [1.165, 1.54) is 18.4 Å². The number of hydrogen-bond donors (Lipinski definition) is 1. The van der Waals surface area contributed by atoms with Crippen molar-refractivity contribution >= 4 is 0 Å². The molecule has 106 valence electrons. The highest BCUT2D eigenvalue weighted by Crippen LogP contribution is 2.42. The normalized spacial score (nSPS) is 26.6. The van der Waals surface area contributed by atoms with Crippen LogP contribution in [0.2, 0.25) is 0 Å². The van der Waals surface area contributed by atoms with Crippen LogP contribution in [0.5, 0.6) is 5.75 Å². The SMILES string of the molecule is CCCOc1ccccc1C1CCC(NCC)C1C. The highest BCUT2D eigenvalue weighted by atomic mass is 16.5. The Balaban J connectivity index is 2.13. The van der Waals surface area contributed by atoms with Gasteiger partial charge in [0.15, 0.2) is 0 Å². The molecule has 0 spiro atoms. The molecule has 1 saturated carbocycles. The van der Waals surface area contributed by atoms with Crippen LogP contribution in [0.3, 0.4) is 0 Å². The van der Waals surface area contributed by atoms with Gasteiger partial charge in [0.25, 0.3) is 0 Å². The molecule has 19 heavy (non-hydrogen) atoms. The maximum absolute atomic E-state index is 5.92. The quantitative estimate of drug-likeness (QED) is 0.836. The number of para-hydroxylation sites is 1. The van der Waals surface area contributed by atoms with Gasteiger partial charge in [-0.05, 0) is 49.3 Å². The molecule has 0 bridgehead atoms. The van der Waals surface area contributed by atoms with Crippen LogP contribution in [-0.4, -0.2) is 19.2 Å². The molecule has 1 aromatic rings. The molecule has 1 fully saturated rings. The first-order valence-electron chi connectivity index (χ1n) is 7.73. The highest BCUT2D eigenvalue weighted by molar-refractivity contribution is 5.37. The zero-order chi connectivity index (χ0) is 13.7. The molecule has 1 N–H and O–H groups in total. The van der Waals surface area contributed by atoms with Gasteiger partial charge >= 0.3 is 0 Å². The van der Waals surface area contributed by atoms with Crippen LogP contribution in [0.1, 0.15) is 51.5 Å². The Labute approximate surface area is 117 Å². The number of rotatable bonds is 6. The third-order valence-corrected chi connectivity index (χ3v) is 4.30. The molecule has 0 saturated heterocycles. The minimum atomic E-state index is 0.636. The summed E-state index contributed by atoms with van der Waals surface area (Å²) in [5.74, 6) is 2.42. The summed E-state index contributed by atoms with van der Waals surface area (Å²) in [6, 6.07) is 9.25. The maximum atomic E-state index is 5.92. The van der Waals surface area contributed by atoms with Gasteiger partial charge < -0.3 is 10.1 Å². The fourth-order valence-corrected chi connectivity index (χ4v) is 3.28. The van der Waals surface area contributed by atoms with Crippen molar-refractivity contribution in [3.05, 3.63) is 29.8 Å². The fraction of sp³-hybridized carbons (Fsp3) is 0.647. The van der Waals surface area contributed by atoms with Crippen LogP contribution in [0.4, 0.5) is 0 Å². The molecule has 0 amide bonds. The van der Waals surface area contributed by atoms with E-state index in [2.05, 4.69) is 50.4 Å². The molecule has 0 radical (unpaired) electrons. The molecule has 3 unspecified atom stereocenters. The van der Waals surface area contributed by atoms with Gasteiger partial charge in [-0.15, -0.1) is 0 Å². The molecule has 2 heteroatoms. The predicted octanol–water partition coefficient (Wildman–Crippen LogP) is 3.97. The standard InChI is InChI=1S/C17H27NO/c1-4-12-19-17-9-7-6-8-15(17)14-10-11-16(13(14)3)18-5-2/h6-9,13-14,16,18H,4-5,10-12H2,1-3H3. The minimum absolute atomic E-state index is 0.636. The third kappa shape index (κ3) is 3.30. The van der Waals surface area contributed by atoms with Crippen molar-refractivity contribution in [2.24, 2.45) is 5.92 Å². The monoisotopic (exact) mass is 261 g/mol. The fourth-order valence-electron chi connectivity index (χ4n) is 3.28. The lowest BCUT2D eigenvalue weighted by Crippen LogP contribution is -2.32. The van der Waals surface area contributed by atoms with Crippen LogP contribution < -0.4 is 10.1 Å². The average molecular weight is 261 g/mol. The van der Waals surface area contributed by atoms with Gasteiger partial charge in [-0.2, -0.15) is 0 Å². The second kappa shape index (κ2) is 6.95. The van der Waals surface area contributed by atoms with Gasteiger partial charge in [-0.1, -0.05) is 39.0 Å². The maximum Gasteiger partial charge on any atom is 0.122 e. The summed E-state index contributed by atoms with van der Waals surface area (Å²) in [7, 11) is 0. The third-order valence-electron chi connectivity index (χ3n) is 4.30. The van der Waals surface area contributed by atoms with E-state index in [1.54, 1.807) is 0 Å². The van der Waals surface area contributed by atoms with Crippen molar-refractivity contribution in [2.45, 2.75) is 52.0 Å². The van der Waals surface area contributed by atoms with Gasteiger partial charge in [0.2, 0.25) is 0 Å². The average Bonchev–Trinajstić information content (AvgIpc) is 2.79. The topological polar surface area (TPSA) is 21.3 Å². The molecule has 0 aromatic heterocycles. The molecule has 2 nitrogen and oxygen atoms in total. The molecule has 3 atom stereocenters. The van der Waals surface area contributed by atoms with Crippen LogP contribution >= 0.6 is 0 Å². The first kappa shape index (κ1) is 14.4. The van der Waals surface area contributed by atoms with E-state index in [-0.39, 0.29) is 0 Å². The molecule has 1 aliphatic carbocycles. The smallest absolute Gasteiger partial charge is 0.122 e. The number of ether oxygens (including phenoxy) is 1. The number of benzene rings is 1. The van der Waals surface area contributed by atoms with Crippen LogP contribution in [0.15, 0.2) is 24.3 Å². The summed E-state index contributed by atoms with van der Waals surface area (Å²) >= 11 is 0. The van der Waals surface area contributed by atoms with Gasteiger partial charge in [0.05, 0.1) is 6.61 Å². The molecule has 1 aliphatic rings. The molecule has 0 aliphatic heterocycles. The minimum Gasteiger partial charge on any atom is -0.493 e. The Morgan fingerprint density at radius 3 is 2.74 bits per heavy atom. The lowest BCUT2D eigenvalue weighted by Gasteiger charge is -2.23. The number of nitrogens with one attached hydrogen (secondary N) is 1. The molecular formula is C17H27NO. The Morgan fingerprint density at radius 1 is 1.21 bits per heavy atom. The summed E-state index contributed by atoms with van der Waals surface area (Å²) in [4.78, 5) is 0. The highest BCUT2D eigenvalue weighted by Gasteiger charge is 2.34. The lowest BCUT2D eigenvalue weighted by atomic mass is 9.88. The van der Waals surface area contributed by atoms with Crippen LogP contribution in [-0.2, 0) is 0 Å². The van der Waals surface area contributed by atoms with Gasteiger partial charge in [-0.3, -0.25) is 0 Å². The van der Waals surface area contributed by atoms with Crippen molar-refractivity contribution in [1.29, 1.82) is 0 Å². The summed E-state index contributed by atoms with van der Waals surface area (Å²) in [5, 5.41) is 3.62. The zero-order valence-corrected chi connectivity index (χ0v) is 12.5. The summed E-state index contributed by atoms with van der Waals surface area (Å²) in [6.45, 7) is 8.60. The Kier molecular flexibility index (Phi) is 5.26. The van der Waals surface area contributed by atoms with Crippen molar-refractivity contribution in [1.82, 2.24) is 5.32 Å². The molecular weight excluding hydrogens is 234 g/mol. The summed E-state index contributed by atoms with van der Waals surface area (Å²) < 4.78 is 5.92. The zero-order valence-electron chi connectivity index (χ0n) is 12.5. The second-order valence-electron chi connectivity index (χ2n) is 5.59. The van der Waals surface area contributed by atoms with E-state index in [0.29, 0.717) is 17.9 Å². The van der Waals surface area contributed by atoms with Crippen molar-refractivity contribution in [3.63, 3.8) is 0 Å². The first-order chi connectivity index (χ1) is 9.27. The van der Waals surface area contributed by atoms with E-state index in [9.17, 15) is 0 Å². The van der Waals surface area contributed by atoms with Gasteiger partial charge in [0.1, 0.15) is 5.75 Å². The predicted molar refractivity (Wildman–Crippen MR) is 80.8 cm³/mol. The van der Waals surface area contributed by atoms with E-state index < -0.39 is 0 Å². The van der Waals surface area contributed by atoms with Crippen molar-refractivity contribution in [3.8, 4) is 5.75 Å². The summed E-state index contributed by atoms with van der Waals surface area (Å²) in [6.07, 6.45) is 3.61. The molecule has 2 rings (SSSR count). The van der Waals surface area contributed by atoms with Crippen LogP contribution in [0.25, 0.3) is 0 Å².